The molecule has 138 valence electrons. The van der Waals surface area contributed by atoms with Crippen LogP contribution in [0.4, 0.5) is 15.8 Å². The second-order valence-corrected chi connectivity index (χ2v) is 6.82. The van der Waals surface area contributed by atoms with Crippen LogP contribution in [0.1, 0.15) is 6.92 Å². The number of carbonyl (C=O) groups is 1. The highest BCUT2D eigenvalue weighted by atomic mass is 79.9. The van der Waals surface area contributed by atoms with E-state index >= 15 is 0 Å². The average Bonchev–Trinajstić information content (AvgIpc) is 2.65. The molecule has 5 nitrogen and oxygen atoms in total. The zero-order valence-corrected chi connectivity index (χ0v) is 16.0. The van der Waals surface area contributed by atoms with E-state index in [1.165, 1.54) is 18.2 Å². The molecule has 1 heterocycles. The number of rotatable bonds is 5. The number of anilines is 2. The Bertz CT molecular complexity index is 764. The molecular weight excluding hydrogens is 403 g/mol. The lowest BCUT2D eigenvalue weighted by Crippen LogP contribution is -2.36. The van der Waals surface area contributed by atoms with Gasteiger partial charge in [0.2, 0.25) is 0 Å². The van der Waals surface area contributed by atoms with Gasteiger partial charge in [0.1, 0.15) is 11.6 Å². The number of halogens is 2. The predicted octanol–water partition coefficient (Wildman–Crippen LogP) is 3.83. The molecule has 2 aromatic carbocycles. The summed E-state index contributed by atoms with van der Waals surface area (Å²) < 4.78 is 24.5. The molecule has 0 aliphatic carbocycles. The number of hydrogen-bond acceptors (Lipinski definition) is 4. The highest BCUT2D eigenvalue weighted by molar-refractivity contribution is 9.10. The van der Waals surface area contributed by atoms with Gasteiger partial charge in [0.15, 0.2) is 6.10 Å². The molecule has 0 radical (unpaired) electrons. The first-order chi connectivity index (χ1) is 12.5. The van der Waals surface area contributed by atoms with Crippen molar-refractivity contribution in [1.82, 2.24) is 0 Å². The van der Waals surface area contributed by atoms with Crippen LogP contribution in [0.3, 0.4) is 0 Å². The van der Waals surface area contributed by atoms with Crippen molar-refractivity contribution in [2.75, 3.05) is 36.5 Å². The second-order valence-electron chi connectivity index (χ2n) is 5.97. The number of amides is 1. The number of ether oxygens (including phenoxy) is 2. The van der Waals surface area contributed by atoms with Crippen molar-refractivity contribution < 1.29 is 18.7 Å². The first-order valence-electron chi connectivity index (χ1n) is 8.38. The smallest absolute Gasteiger partial charge is 0.265 e. The number of nitrogens with zero attached hydrogens (tertiary/aromatic N) is 1. The Labute approximate surface area is 160 Å². The van der Waals surface area contributed by atoms with Gasteiger partial charge in [0.05, 0.1) is 17.7 Å². The molecule has 1 atom stereocenters. The van der Waals surface area contributed by atoms with Crippen molar-refractivity contribution in [2.45, 2.75) is 13.0 Å². The minimum absolute atomic E-state index is 0.277. The van der Waals surface area contributed by atoms with Gasteiger partial charge in [-0.25, -0.2) is 4.39 Å². The van der Waals surface area contributed by atoms with E-state index in [0.29, 0.717) is 15.9 Å². The maximum absolute atomic E-state index is 13.1. The topological polar surface area (TPSA) is 50.8 Å². The molecule has 0 spiro atoms. The normalized spacial score (nSPS) is 15.4. The number of benzene rings is 2. The molecule has 1 saturated heterocycles. The minimum Gasteiger partial charge on any atom is -0.480 e. The quantitative estimate of drug-likeness (QED) is 0.795. The van der Waals surface area contributed by atoms with E-state index in [9.17, 15) is 9.18 Å². The van der Waals surface area contributed by atoms with Crippen molar-refractivity contribution >= 4 is 33.2 Å². The van der Waals surface area contributed by atoms with Gasteiger partial charge in [-0.3, -0.25) is 4.79 Å². The molecule has 1 aliphatic heterocycles. The van der Waals surface area contributed by atoms with Crippen molar-refractivity contribution in [3.05, 3.63) is 52.8 Å². The van der Waals surface area contributed by atoms with Gasteiger partial charge in [0.25, 0.3) is 5.91 Å². The second kappa shape index (κ2) is 8.51. The fourth-order valence-corrected chi connectivity index (χ4v) is 3.08. The molecule has 3 rings (SSSR count). The lowest BCUT2D eigenvalue weighted by molar-refractivity contribution is -0.122. The molecular formula is C19H20BrFN2O3. The molecule has 26 heavy (non-hydrogen) atoms. The van der Waals surface area contributed by atoms with Crippen LogP contribution in [-0.4, -0.2) is 38.3 Å². The van der Waals surface area contributed by atoms with Gasteiger partial charge >= 0.3 is 0 Å². The van der Waals surface area contributed by atoms with Crippen LogP contribution in [0.2, 0.25) is 0 Å². The zero-order chi connectivity index (χ0) is 18.5. The van der Waals surface area contributed by atoms with E-state index in [1.807, 2.05) is 24.3 Å². The molecule has 7 heteroatoms. The number of hydrogen-bond donors (Lipinski definition) is 1. The van der Waals surface area contributed by atoms with Gasteiger partial charge in [-0.15, -0.1) is 0 Å². The van der Waals surface area contributed by atoms with Gasteiger partial charge in [-0.1, -0.05) is 0 Å². The Morgan fingerprint density at radius 3 is 2.58 bits per heavy atom. The molecule has 0 saturated carbocycles. The third kappa shape index (κ3) is 4.74. The SMILES string of the molecule is C[C@@H](Oc1ccc(F)cc1Br)C(=O)Nc1ccc(N2CCOCC2)cc1. The lowest BCUT2D eigenvalue weighted by atomic mass is 10.2. The Morgan fingerprint density at radius 1 is 1.23 bits per heavy atom. The standard InChI is InChI=1S/C19H20BrFN2O3/c1-13(26-18-7-2-14(21)12-17(18)20)19(24)22-15-3-5-16(6-4-15)23-8-10-25-11-9-23/h2-7,12-13H,8-11H2,1H3,(H,22,24)/t13-/m1/s1. The number of carbonyl (C=O) groups excluding carboxylic acids is 1. The Balaban J connectivity index is 1.58. The van der Waals surface area contributed by atoms with Gasteiger partial charge in [-0.05, 0) is 65.3 Å². The molecule has 1 fully saturated rings. The highest BCUT2D eigenvalue weighted by Crippen LogP contribution is 2.26. The third-order valence-corrected chi connectivity index (χ3v) is 4.70. The van der Waals surface area contributed by atoms with E-state index in [2.05, 4.69) is 26.1 Å². The molecule has 1 N–H and O–H groups in total. The first-order valence-corrected chi connectivity index (χ1v) is 9.17. The van der Waals surface area contributed by atoms with Gasteiger partial charge in [0, 0.05) is 24.5 Å². The fraction of sp³-hybridized carbons (Fsp3) is 0.316. The van der Waals surface area contributed by atoms with Crippen LogP contribution in [-0.2, 0) is 9.53 Å². The van der Waals surface area contributed by atoms with E-state index in [1.54, 1.807) is 6.92 Å². The fourth-order valence-electron chi connectivity index (χ4n) is 2.64. The molecule has 0 bridgehead atoms. The minimum atomic E-state index is -0.726. The Kier molecular flexibility index (Phi) is 6.11. The van der Waals surface area contributed by atoms with Crippen LogP contribution in [0.15, 0.2) is 46.9 Å². The lowest BCUT2D eigenvalue weighted by Gasteiger charge is -2.29. The van der Waals surface area contributed by atoms with Crippen LogP contribution in [0.5, 0.6) is 5.75 Å². The summed E-state index contributed by atoms with van der Waals surface area (Å²) in [6.45, 7) is 4.83. The van der Waals surface area contributed by atoms with Crippen LogP contribution < -0.4 is 15.0 Å². The van der Waals surface area contributed by atoms with Crippen LogP contribution >= 0.6 is 15.9 Å². The summed E-state index contributed by atoms with van der Waals surface area (Å²) in [5, 5.41) is 2.83. The van der Waals surface area contributed by atoms with Crippen LogP contribution in [0, 0.1) is 5.82 Å². The Morgan fingerprint density at radius 2 is 1.92 bits per heavy atom. The first kappa shape index (κ1) is 18.7. The van der Waals surface area contributed by atoms with Crippen molar-refractivity contribution in [3.63, 3.8) is 0 Å². The molecule has 2 aromatic rings. The van der Waals surface area contributed by atoms with Gasteiger partial charge in [-0.2, -0.15) is 0 Å². The maximum Gasteiger partial charge on any atom is 0.265 e. The predicted molar refractivity (Wildman–Crippen MR) is 102 cm³/mol. The van der Waals surface area contributed by atoms with Crippen molar-refractivity contribution in [3.8, 4) is 5.75 Å². The summed E-state index contributed by atoms with van der Waals surface area (Å²) in [5.41, 5.74) is 1.80. The highest BCUT2D eigenvalue weighted by Gasteiger charge is 2.17. The summed E-state index contributed by atoms with van der Waals surface area (Å²) in [6.07, 6.45) is -0.726. The number of morpholine rings is 1. The largest absolute Gasteiger partial charge is 0.480 e. The molecule has 1 amide bonds. The summed E-state index contributed by atoms with van der Waals surface area (Å²) in [6, 6.07) is 11.7. The van der Waals surface area contributed by atoms with Gasteiger partial charge < -0.3 is 19.7 Å². The van der Waals surface area contributed by atoms with E-state index in [-0.39, 0.29) is 11.7 Å². The molecule has 0 aromatic heterocycles. The summed E-state index contributed by atoms with van der Waals surface area (Å²) in [4.78, 5) is 14.6. The van der Waals surface area contributed by atoms with E-state index in [4.69, 9.17) is 9.47 Å². The average molecular weight is 423 g/mol. The number of nitrogens with one attached hydrogen (secondary N) is 1. The maximum atomic E-state index is 13.1. The van der Waals surface area contributed by atoms with Crippen LogP contribution in [0.25, 0.3) is 0 Å². The molecule has 1 aliphatic rings. The van der Waals surface area contributed by atoms with E-state index in [0.717, 1.165) is 32.0 Å². The van der Waals surface area contributed by atoms with E-state index < -0.39 is 6.10 Å². The summed E-state index contributed by atoms with van der Waals surface area (Å²) in [5.74, 6) is -0.237. The monoisotopic (exact) mass is 422 g/mol. The molecule has 0 unspecified atom stereocenters. The van der Waals surface area contributed by atoms with Crippen molar-refractivity contribution in [1.29, 1.82) is 0 Å². The summed E-state index contributed by atoms with van der Waals surface area (Å²) in [7, 11) is 0. The summed E-state index contributed by atoms with van der Waals surface area (Å²) >= 11 is 3.23. The van der Waals surface area contributed by atoms with Crippen molar-refractivity contribution in [2.24, 2.45) is 0 Å². The Hall–Kier alpha value is -2.12. The zero-order valence-electron chi connectivity index (χ0n) is 14.4. The third-order valence-electron chi connectivity index (χ3n) is 4.08.